The number of carbonyl (C=O) groups is 3. The maximum Gasteiger partial charge on any atom is 0.328 e. The number of hydrogen-bond acceptors (Lipinski definition) is 5. The van der Waals surface area contributed by atoms with Crippen molar-refractivity contribution in [3.63, 3.8) is 0 Å². The molecule has 1 heterocycles. The molecule has 8 heteroatoms. The summed E-state index contributed by atoms with van der Waals surface area (Å²) >= 11 is 0. The number of esters is 1. The molecule has 1 unspecified atom stereocenters. The van der Waals surface area contributed by atoms with Crippen molar-refractivity contribution in [3.05, 3.63) is 18.0 Å². The zero-order valence-electron chi connectivity index (χ0n) is 12.7. The summed E-state index contributed by atoms with van der Waals surface area (Å²) in [6, 6.07) is 0.659. The molecular formula is C14H21N3O5. The maximum atomic E-state index is 11.8. The molecule has 1 aromatic heterocycles. The molecule has 0 spiro atoms. The number of rotatable bonds is 9. The summed E-state index contributed by atoms with van der Waals surface area (Å²) in [6.07, 6.45) is 4.11. The van der Waals surface area contributed by atoms with E-state index in [4.69, 9.17) is 5.11 Å². The quantitative estimate of drug-likeness (QED) is 0.520. The van der Waals surface area contributed by atoms with E-state index in [0.29, 0.717) is 19.4 Å². The Bertz CT molecular complexity index is 526. The van der Waals surface area contributed by atoms with Gasteiger partial charge in [0.1, 0.15) is 11.7 Å². The van der Waals surface area contributed by atoms with Gasteiger partial charge in [0, 0.05) is 19.2 Å². The van der Waals surface area contributed by atoms with E-state index in [2.05, 4.69) is 15.2 Å². The van der Waals surface area contributed by atoms with Gasteiger partial charge < -0.3 is 15.2 Å². The largest absolute Gasteiger partial charge is 0.480 e. The average molecular weight is 311 g/mol. The van der Waals surface area contributed by atoms with Gasteiger partial charge in [0.25, 0.3) is 5.91 Å². The van der Waals surface area contributed by atoms with E-state index >= 15 is 0 Å². The minimum absolute atomic E-state index is 0.183. The number of carboxylic acid groups (broad SMARTS) is 1. The lowest BCUT2D eigenvalue weighted by Gasteiger charge is -2.06. The highest BCUT2D eigenvalue weighted by Gasteiger charge is 2.16. The van der Waals surface area contributed by atoms with Crippen LogP contribution in [0.3, 0.4) is 0 Å². The zero-order chi connectivity index (χ0) is 16.5. The molecule has 8 nitrogen and oxygen atoms in total. The first-order chi connectivity index (χ1) is 10.5. The molecule has 0 bridgehead atoms. The number of methoxy groups -OCH3 is 1. The van der Waals surface area contributed by atoms with Gasteiger partial charge in [-0.2, -0.15) is 5.10 Å². The summed E-state index contributed by atoms with van der Waals surface area (Å²) < 4.78 is 5.76. The normalized spacial score (nSPS) is 11.7. The van der Waals surface area contributed by atoms with E-state index in [1.165, 1.54) is 31.0 Å². The van der Waals surface area contributed by atoms with Crippen LogP contribution in [0.4, 0.5) is 0 Å². The molecule has 122 valence electrons. The van der Waals surface area contributed by atoms with Crippen molar-refractivity contribution < 1.29 is 24.2 Å². The Morgan fingerprint density at radius 2 is 2.09 bits per heavy atom. The first-order valence-electron chi connectivity index (χ1n) is 7.08. The van der Waals surface area contributed by atoms with Crippen LogP contribution in [0, 0.1) is 0 Å². The number of carboxylic acids is 1. The lowest BCUT2D eigenvalue weighted by atomic mass is 10.2. The van der Waals surface area contributed by atoms with Gasteiger partial charge in [-0.05, 0) is 25.8 Å². The molecule has 0 aliphatic rings. The van der Waals surface area contributed by atoms with Crippen molar-refractivity contribution in [2.24, 2.45) is 0 Å². The SMILES string of the molecule is COC(=O)CCCCCNC(=O)c1ccn(C(C)C(=O)O)n1. The molecule has 0 saturated carbocycles. The predicted octanol–water partition coefficient (Wildman–Crippen LogP) is 0.992. The van der Waals surface area contributed by atoms with Gasteiger partial charge in [-0.15, -0.1) is 0 Å². The van der Waals surface area contributed by atoms with Crippen LogP contribution in [0.5, 0.6) is 0 Å². The molecule has 1 aromatic rings. The van der Waals surface area contributed by atoms with Gasteiger partial charge in [0.2, 0.25) is 0 Å². The van der Waals surface area contributed by atoms with Crippen LogP contribution in [0.2, 0.25) is 0 Å². The number of carbonyl (C=O) groups excluding carboxylic acids is 2. The van der Waals surface area contributed by atoms with Gasteiger partial charge in [-0.3, -0.25) is 14.3 Å². The minimum atomic E-state index is -1.01. The Kier molecular flexibility index (Phi) is 7.07. The van der Waals surface area contributed by atoms with E-state index in [1.807, 2.05) is 0 Å². The molecule has 1 rings (SSSR count). The summed E-state index contributed by atoms with van der Waals surface area (Å²) in [4.78, 5) is 33.6. The molecule has 1 atom stereocenters. The summed E-state index contributed by atoms with van der Waals surface area (Å²) in [5.74, 6) is -1.59. The van der Waals surface area contributed by atoms with Crippen LogP contribution in [0.1, 0.15) is 49.1 Å². The van der Waals surface area contributed by atoms with Crippen LogP contribution in [-0.2, 0) is 14.3 Å². The van der Waals surface area contributed by atoms with Crippen molar-refractivity contribution in [3.8, 4) is 0 Å². The number of ether oxygens (including phenoxy) is 1. The van der Waals surface area contributed by atoms with E-state index < -0.39 is 12.0 Å². The summed E-state index contributed by atoms with van der Waals surface area (Å²) in [5, 5.41) is 15.5. The van der Waals surface area contributed by atoms with Crippen LogP contribution < -0.4 is 5.32 Å². The Labute approximate surface area is 128 Å². The van der Waals surface area contributed by atoms with Crippen LogP contribution >= 0.6 is 0 Å². The van der Waals surface area contributed by atoms with E-state index in [1.54, 1.807) is 0 Å². The van der Waals surface area contributed by atoms with Gasteiger partial charge in [0.05, 0.1) is 7.11 Å². The number of aliphatic carboxylic acids is 1. The topological polar surface area (TPSA) is 111 Å². The van der Waals surface area contributed by atoms with Gasteiger partial charge in [0.15, 0.2) is 0 Å². The smallest absolute Gasteiger partial charge is 0.328 e. The lowest BCUT2D eigenvalue weighted by Crippen LogP contribution is -2.25. The first kappa shape index (κ1) is 17.7. The fraction of sp³-hybridized carbons (Fsp3) is 0.571. The summed E-state index contributed by atoms with van der Waals surface area (Å²) in [7, 11) is 1.35. The fourth-order valence-corrected chi connectivity index (χ4v) is 1.75. The third-order valence-electron chi connectivity index (χ3n) is 3.17. The number of amides is 1. The van der Waals surface area contributed by atoms with Crippen molar-refractivity contribution in [1.29, 1.82) is 0 Å². The molecule has 1 amide bonds. The van der Waals surface area contributed by atoms with Gasteiger partial charge in [-0.1, -0.05) is 6.42 Å². The summed E-state index contributed by atoms with van der Waals surface area (Å²) in [5.41, 5.74) is 0.183. The Balaban J connectivity index is 2.28. The minimum Gasteiger partial charge on any atom is -0.480 e. The molecule has 0 aliphatic carbocycles. The van der Waals surface area contributed by atoms with Crippen molar-refractivity contribution >= 4 is 17.8 Å². The van der Waals surface area contributed by atoms with E-state index in [9.17, 15) is 14.4 Å². The third-order valence-corrected chi connectivity index (χ3v) is 3.17. The number of hydrogen-bond donors (Lipinski definition) is 2. The Morgan fingerprint density at radius 1 is 1.36 bits per heavy atom. The molecule has 2 N–H and O–H groups in total. The van der Waals surface area contributed by atoms with Crippen molar-refractivity contribution in [2.75, 3.05) is 13.7 Å². The van der Waals surface area contributed by atoms with Crippen LogP contribution in [0.25, 0.3) is 0 Å². The molecular weight excluding hydrogens is 290 g/mol. The second kappa shape index (κ2) is 8.81. The highest BCUT2D eigenvalue weighted by Crippen LogP contribution is 2.06. The number of nitrogens with zero attached hydrogens (tertiary/aromatic N) is 2. The highest BCUT2D eigenvalue weighted by atomic mass is 16.5. The second-order valence-corrected chi connectivity index (χ2v) is 4.84. The van der Waals surface area contributed by atoms with Crippen LogP contribution in [0.15, 0.2) is 12.3 Å². The molecule has 22 heavy (non-hydrogen) atoms. The highest BCUT2D eigenvalue weighted by molar-refractivity contribution is 5.92. The molecule has 0 aromatic carbocycles. The Hall–Kier alpha value is -2.38. The number of aromatic nitrogens is 2. The number of nitrogens with one attached hydrogen (secondary N) is 1. The van der Waals surface area contributed by atoms with Crippen molar-refractivity contribution in [2.45, 2.75) is 38.6 Å². The second-order valence-electron chi connectivity index (χ2n) is 4.84. The zero-order valence-corrected chi connectivity index (χ0v) is 12.7. The summed E-state index contributed by atoms with van der Waals surface area (Å²) in [6.45, 7) is 1.96. The number of unbranched alkanes of at least 4 members (excludes halogenated alkanes) is 2. The Morgan fingerprint density at radius 3 is 2.73 bits per heavy atom. The molecule has 0 fully saturated rings. The lowest BCUT2D eigenvalue weighted by molar-refractivity contribution is -0.141. The fourth-order valence-electron chi connectivity index (χ4n) is 1.75. The average Bonchev–Trinajstić information content (AvgIpc) is 2.99. The molecule has 0 aliphatic heterocycles. The van der Waals surface area contributed by atoms with E-state index in [-0.39, 0.29) is 17.6 Å². The van der Waals surface area contributed by atoms with E-state index in [0.717, 1.165) is 12.8 Å². The first-order valence-corrected chi connectivity index (χ1v) is 7.08. The van der Waals surface area contributed by atoms with Gasteiger partial charge in [-0.25, -0.2) is 4.79 Å². The standard InChI is InChI=1S/C14H21N3O5/c1-10(14(20)21)17-9-7-11(16-17)13(19)15-8-5-3-4-6-12(18)22-2/h7,9-10H,3-6,8H2,1-2H3,(H,15,19)(H,20,21). The third kappa shape index (κ3) is 5.55. The molecule has 0 radical (unpaired) electrons. The van der Waals surface area contributed by atoms with Gasteiger partial charge >= 0.3 is 11.9 Å². The van der Waals surface area contributed by atoms with Crippen molar-refractivity contribution in [1.82, 2.24) is 15.1 Å². The predicted molar refractivity (Wildman–Crippen MR) is 77.4 cm³/mol. The maximum absolute atomic E-state index is 11.8. The molecule has 0 saturated heterocycles. The van der Waals surface area contributed by atoms with Crippen LogP contribution in [-0.4, -0.2) is 46.4 Å². The monoisotopic (exact) mass is 311 g/mol.